The van der Waals surface area contributed by atoms with Gasteiger partial charge in [0, 0.05) is 0 Å². The molecule has 0 N–H and O–H groups in total. The Hall–Kier alpha value is -0.600. The van der Waals surface area contributed by atoms with Crippen molar-refractivity contribution in [3.63, 3.8) is 0 Å². The molecule has 0 aliphatic heterocycles. The van der Waals surface area contributed by atoms with Crippen molar-refractivity contribution in [2.24, 2.45) is 4.99 Å². The first-order chi connectivity index (χ1) is 6.77. The molecule has 0 unspecified atom stereocenters. The maximum absolute atomic E-state index is 8.31. The monoisotopic (exact) mass is 228 g/mol. The molecule has 0 heterocycles. The molecular weight excluding hydrogens is 219 g/mol. The third-order valence-corrected chi connectivity index (χ3v) is 1.94. The van der Waals surface area contributed by atoms with Gasteiger partial charge in [-0.1, -0.05) is 23.2 Å². The Kier molecular flexibility index (Phi) is 7.35. The zero-order chi connectivity index (χ0) is 10.4. The van der Waals surface area contributed by atoms with Crippen LogP contribution in [0.1, 0.15) is 5.56 Å². The first-order valence-electron chi connectivity index (χ1n) is 4.02. The Labute approximate surface area is 117 Å². The van der Waals surface area contributed by atoms with E-state index in [1.807, 2.05) is 24.3 Å². The molecule has 0 fully saturated rings. The van der Waals surface area contributed by atoms with Gasteiger partial charge in [-0.3, -0.25) is 0 Å². The average Bonchev–Trinajstić information content (AvgIpc) is 2.19. The van der Waals surface area contributed by atoms with Gasteiger partial charge in [-0.15, -0.1) is 0 Å². The molecule has 1 aromatic carbocycles. The average molecular weight is 228 g/mol. The molecule has 1 rings (SSSR count). The molecule has 3 nitrogen and oxygen atoms in total. The van der Waals surface area contributed by atoms with Gasteiger partial charge in [-0.05, 0) is 18.1 Å². The molecule has 0 aliphatic carbocycles. The Morgan fingerprint density at radius 2 is 2.20 bits per heavy atom. The number of hydrogen-bond acceptors (Lipinski definition) is 4. The minimum Gasteiger partial charge on any atom is -0.763 e. The number of aliphatic imine (C=N–C) groups is 1. The topological polar surface area (TPSA) is 45.4 Å². The molecule has 72 valence electrons. The van der Waals surface area contributed by atoms with E-state index >= 15 is 0 Å². The molecular formula is C10H9N2NaOS. The molecule has 0 amide bonds. The number of nitrogens with zero attached hydrogens (tertiary/aromatic N) is 2. The van der Waals surface area contributed by atoms with Gasteiger partial charge in [-0.25, -0.2) is 4.99 Å². The third kappa shape index (κ3) is 4.63. The van der Waals surface area contributed by atoms with Crippen molar-refractivity contribution in [2.75, 3.05) is 7.11 Å². The van der Waals surface area contributed by atoms with E-state index in [9.17, 15) is 0 Å². The molecule has 0 saturated heterocycles. The fraction of sp³-hybridized carbons (Fsp3) is 0.200. The van der Waals surface area contributed by atoms with Crippen molar-refractivity contribution >= 4 is 17.7 Å². The maximum Gasteiger partial charge on any atom is 1.00 e. The van der Waals surface area contributed by atoms with Crippen LogP contribution in [0.5, 0.6) is 5.75 Å². The van der Waals surface area contributed by atoms with Crippen LogP contribution in [-0.4, -0.2) is 12.2 Å². The van der Waals surface area contributed by atoms with Crippen LogP contribution < -0.4 is 34.3 Å². The van der Waals surface area contributed by atoms with E-state index in [1.54, 1.807) is 13.3 Å². The fourth-order valence-electron chi connectivity index (χ4n) is 1.11. The van der Waals surface area contributed by atoms with Crippen LogP contribution >= 0.6 is 0 Å². The first kappa shape index (κ1) is 14.4. The summed E-state index contributed by atoms with van der Waals surface area (Å²) < 4.78 is 5.14. The van der Waals surface area contributed by atoms with Crippen LogP contribution in [0.25, 0.3) is 0 Å². The maximum atomic E-state index is 8.31. The molecule has 0 spiro atoms. The molecule has 0 aliphatic rings. The Bertz CT molecular complexity index is 387. The summed E-state index contributed by atoms with van der Waals surface area (Å²) in [6, 6.07) is 7.53. The molecule has 0 bridgehead atoms. The summed E-state index contributed by atoms with van der Waals surface area (Å²) in [6.07, 6.45) is 2.13. The van der Waals surface area contributed by atoms with E-state index in [1.165, 1.54) is 0 Å². The van der Waals surface area contributed by atoms with Gasteiger partial charge in [0.15, 0.2) is 0 Å². The zero-order valence-electron chi connectivity index (χ0n) is 8.73. The smallest absolute Gasteiger partial charge is 0.763 e. The van der Waals surface area contributed by atoms with Crippen LogP contribution in [0.15, 0.2) is 29.3 Å². The van der Waals surface area contributed by atoms with E-state index < -0.39 is 0 Å². The van der Waals surface area contributed by atoms with Crippen LogP contribution in [0.2, 0.25) is 0 Å². The summed E-state index contributed by atoms with van der Waals surface area (Å²) >= 11 is 4.90. The van der Waals surface area contributed by atoms with Crippen molar-refractivity contribution in [1.82, 2.24) is 0 Å². The van der Waals surface area contributed by atoms with Crippen molar-refractivity contribution in [1.29, 1.82) is 5.26 Å². The SMILES string of the molecule is COc1ccccc1CC([S-])=NC#N.[Na+]. The van der Waals surface area contributed by atoms with Gasteiger partial charge >= 0.3 is 29.6 Å². The van der Waals surface area contributed by atoms with Gasteiger partial charge in [0.25, 0.3) is 0 Å². The minimum absolute atomic E-state index is 0. The quantitative estimate of drug-likeness (QED) is 0.212. The molecule has 0 saturated carbocycles. The normalized spacial score (nSPS) is 10.0. The van der Waals surface area contributed by atoms with Gasteiger partial charge in [0.2, 0.25) is 6.19 Å². The minimum atomic E-state index is 0. The number of para-hydroxylation sites is 1. The number of nitriles is 1. The Balaban J connectivity index is 0.00000196. The predicted molar refractivity (Wildman–Crippen MR) is 57.1 cm³/mol. The van der Waals surface area contributed by atoms with E-state index in [0.29, 0.717) is 11.5 Å². The van der Waals surface area contributed by atoms with E-state index in [0.717, 1.165) is 11.3 Å². The second-order valence-electron chi connectivity index (χ2n) is 2.59. The summed E-state index contributed by atoms with van der Waals surface area (Å²) in [5, 5.41) is 8.68. The van der Waals surface area contributed by atoms with Crippen LogP contribution in [0, 0.1) is 11.5 Å². The van der Waals surface area contributed by atoms with Crippen LogP contribution in [0.3, 0.4) is 0 Å². The summed E-state index contributed by atoms with van der Waals surface area (Å²) in [5.41, 5.74) is 0.944. The second kappa shape index (κ2) is 7.66. The number of benzene rings is 1. The predicted octanol–water partition coefficient (Wildman–Crippen LogP) is -1.33. The molecule has 5 heteroatoms. The number of hydrogen-bond donors (Lipinski definition) is 0. The number of rotatable bonds is 3. The van der Waals surface area contributed by atoms with Gasteiger partial charge in [0.05, 0.1) is 7.11 Å². The number of ether oxygens (including phenoxy) is 1. The number of methoxy groups -OCH3 is 1. The van der Waals surface area contributed by atoms with Crippen molar-refractivity contribution in [2.45, 2.75) is 6.42 Å². The molecule has 0 atom stereocenters. The van der Waals surface area contributed by atoms with E-state index in [-0.39, 0.29) is 29.6 Å². The molecule has 1 aromatic rings. The third-order valence-electron chi connectivity index (χ3n) is 1.71. The van der Waals surface area contributed by atoms with Crippen LogP contribution in [-0.2, 0) is 19.0 Å². The summed E-state index contributed by atoms with van der Waals surface area (Å²) in [7, 11) is 1.60. The summed E-state index contributed by atoms with van der Waals surface area (Å²) in [5.74, 6) is 0.767. The van der Waals surface area contributed by atoms with Crippen LogP contribution in [0.4, 0.5) is 0 Å². The largest absolute Gasteiger partial charge is 1.00 e. The molecule has 0 radical (unpaired) electrons. The molecule has 0 aromatic heterocycles. The van der Waals surface area contributed by atoms with Crippen molar-refractivity contribution in [3.8, 4) is 11.9 Å². The standard InChI is InChI=1S/C10H10N2OS.Na/c1-13-9-5-3-2-4-8(9)6-10(14)12-7-11;/h2-5H,6H2,1H3,(H,12,14);/q;+1/p-1. The van der Waals surface area contributed by atoms with E-state index in [4.69, 9.17) is 22.6 Å². The fourth-order valence-corrected chi connectivity index (χ4v) is 1.30. The van der Waals surface area contributed by atoms with Gasteiger partial charge in [-0.2, -0.15) is 5.26 Å². The van der Waals surface area contributed by atoms with Crippen molar-refractivity contribution in [3.05, 3.63) is 29.8 Å². The Morgan fingerprint density at radius 3 is 2.80 bits per heavy atom. The van der Waals surface area contributed by atoms with Gasteiger partial charge in [0.1, 0.15) is 5.75 Å². The van der Waals surface area contributed by atoms with Crippen molar-refractivity contribution < 1.29 is 34.3 Å². The summed E-state index contributed by atoms with van der Waals surface area (Å²) in [6.45, 7) is 0. The first-order valence-corrected chi connectivity index (χ1v) is 4.43. The van der Waals surface area contributed by atoms with E-state index in [2.05, 4.69) is 4.99 Å². The van der Waals surface area contributed by atoms with Gasteiger partial charge < -0.3 is 17.4 Å². The second-order valence-corrected chi connectivity index (χ2v) is 3.07. The zero-order valence-corrected chi connectivity index (χ0v) is 11.5. The Morgan fingerprint density at radius 1 is 1.53 bits per heavy atom. The summed E-state index contributed by atoms with van der Waals surface area (Å²) in [4.78, 5) is 3.48. The molecule has 15 heavy (non-hydrogen) atoms.